The average Bonchev–Trinajstić information content (AvgIpc) is 3.68. The van der Waals surface area contributed by atoms with Gasteiger partial charge in [0.1, 0.15) is 0 Å². The minimum Gasteiger partial charge on any atom is -0.120 e. The summed E-state index contributed by atoms with van der Waals surface area (Å²) in [7, 11) is 0. The van der Waals surface area contributed by atoms with Gasteiger partial charge in [0.05, 0.1) is 0 Å². The molecule has 2 unspecified atom stereocenters. The Morgan fingerprint density at radius 2 is 1.18 bits per heavy atom. The number of fused-ring (bicyclic) bond motifs is 1. The van der Waals surface area contributed by atoms with Crippen LogP contribution in [0.4, 0.5) is 0 Å². The normalized spacial score (nSPS) is 15.8. The third kappa shape index (κ3) is 9.76. The number of hydrogen-bond acceptors (Lipinski definition) is 0. The van der Waals surface area contributed by atoms with Crippen LogP contribution in [0.25, 0.3) is 44.2 Å². The SMILES string of the molecule is C#CC.C=C(/C=C(\C(C)=C(/c1cc2ccccc2c(-c2ccccc2C)c1C)C1CC=C(c2ccccc2)C1(C)c1ccccc1)c1ccccc1)c1ccccc1.CC.CC. The first-order valence-electron chi connectivity index (χ1n) is 22.3. The van der Waals surface area contributed by atoms with E-state index in [4.69, 9.17) is 0 Å². The molecular weight excluding hydrogens is 745 g/mol. The van der Waals surface area contributed by atoms with Crippen LogP contribution >= 0.6 is 0 Å². The quantitative estimate of drug-likeness (QED) is 0.101. The maximum absolute atomic E-state index is 4.64. The zero-order chi connectivity index (χ0) is 44.6. The second-order valence-electron chi connectivity index (χ2n) is 15.4. The molecule has 7 aromatic rings. The summed E-state index contributed by atoms with van der Waals surface area (Å²) in [6.45, 7) is 23.7. The number of benzene rings is 7. The van der Waals surface area contributed by atoms with Crippen LogP contribution in [0.5, 0.6) is 0 Å². The maximum Gasteiger partial charge on any atom is 0.0249 e. The second kappa shape index (κ2) is 22.2. The Balaban J connectivity index is 0.000000982. The lowest BCUT2D eigenvalue weighted by molar-refractivity contribution is 0.487. The molecular formula is C62H64. The molecule has 2 atom stereocenters. The van der Waals surface area contributed by atoms with E-state index in [0.29, 0.717) is 0 Å². The first-order chi connectivity index (χ1) is 30.3. The van der Waals surface area contributed by atoms with Crippen molar-refractivity contribution in [1.82, 2.24) is 0 Å². The third-order valence-corrected chi connectivity index (χ3v) is 12.0. The van der Waals surface area contributed by atoms with Crippen LogP contribution in [-0.4, -0.2) is 0 Å². The van der Waals surface area contributed by atoms with E-state index in [1.165, 1.54) is 77.6 Å². The molecule has 0 radical (unpaired) electrons. The Hall–Kier alpha value is -6.68. The largest absolute Gasteiger partial charge is 0.120 e. The van der Waals surface area contributed by atoms with Gasteiger partial charge in [-0.25, -0.2) is 0 Å². The highest BCUT2D eigenvalue weighted by Crippen LogP contribution is 2.57. The highest BCUT2D eigenvalue weighted by atomic mass is 14.5. The average molecular weight is 809 g/mol. The second-order valence-corrected chi connectivity index (χ2v) is 15.4. The van der Waals surface area contributed by atoms with Crippen LogP contribution in [0.3, 0.4) is 0 Å². The summed E-state index contributed by atoms with van der Waals surface area (Å²) >= 11 is 0. The Morgan fingerprint density at radius 3 is 1.77 bits per heavy atom. The predicted octanol–water partition coefficient (Wildman–Crippen LogP) is 17.4. The van der Waals surface area contributed by atoms with Crippen molar-refractivity contribution in [3.63, 3.8) is 0 Å². The van der Waals surface area contributed by atoms with Crippen molar-refractivity contribution >= 4 is 33.1 Å². The van der Waals surface area contributed by atoms with Crippen LogP contribution in [0.2, 0.25) is 0 Å². The first-order valence-corrected chi connectivity index (χ1v) is 22.3. The van der Waals surface area contributed by atoms with Crippen LogP contribution in [0.1, 0.15) is 93.8 Å². The van der Waals surface area contributed by atoms with Gasteiger partial charge in [-0.05, 0) is 135 Å². The van der Waals surface area contributed by atoms with Crippen molar-refractivity contribution in [1.29, 1.82) is 0 Å². The summed E-state index contributed by atoms with van der Waals surface area (Å²) in [6.07, 6.45) is 10.3. The van der Waals surface area contributed by atoms with Crippen LogP contribution < -0.4 is 0 Å². The van der Waals surface area contributed by atoms with E-state index in [2.05, 4.69) is 235 Å². The summed E-state index contributed by atoms with van der Waals surface area (Å²) in [5.41, 5.74) is 17.3. The molecule has 0 nitrogen and oxygen atoms in total. The topological polar surface area (TPSA) is 0 Å². The number of allylic oxidation sites excluding steroid dienone is 7. The molecule has 0 spiro atoms. The molecule has 62 heavy (non-hydrogen) atoms. The fraction of sp³-hybridized carbons (Fsp3) is 0.194. The fourth-order valence-corrected chi connectivity index (χ4v) is 9.12. The van der Waals surface area contributed by atoms with E-state index in [1.54, 1.807) is 6.92 Å². The Morgan fingerprint density at radius 1 is 0.677 bits per heavy atom. The standard InChI is InChI=1S/C55H48.C3H4.2C2H6/c1-38-22-18-20-32-47(38)53-41(4)50(37-45-29-19-21-33-48(45)53)54(40(3)49(43-25-12-7-13-26-43)36-39(2)42-23-10-6-11-24-42)52-35-34-51(44-27-14-8-15-28-44)55(52,5)46-30-16-9-17-31-46;1-3-2;2*1-2/h6-34,36-37,52H,2,35H2,1,3-5H3;1H,2H3;2*1-2H3/b49-36+,54-40+;;;. The van der Waals surface area contributed by atoms with Gasteiger partial charge in [0.15, 0.2) is 0 Å². The minimum absolute atomic E-state index is 0.131. The molecule has 1 aliphatic rings. The molecule has 312 valence electrons. The van der Waals surface area contributed by atoms with Gasteiger partial charge < -0.3 is 0 Å². The third-order valence-electron chi connectivity index (χ3n) is 12.0. The molecule has 8 rings (SSSR count). The molecule has 0 fully saturated rings. The van der Waals surface area contributed by atoms with Crippen molar-refractivity contribution in [2.24, 2.45) is 5.92 Å². The van der Waals surface area contributed by atoms with Gasteiger partial charge in [-0.1, -0.05) is 217 Å². The van der Waals surface area contributed by atoms with Gasteiger partial charge in [-0.15, -0.1) is 12.3 Å². The van der Waals surface area contributed by atoms with E-state index in [1.807, 2.05) is 27.7 Å². The summed E-state index contributed by atoms with van der Waals surface area (Å²) in [5, 5.41) is 2.54. The maximum atomic E-state index is 4.64. The van der Waals surface area contributed by atoms with Crippen LogP contribution in [0.15, 0.2) is 200 Å². The molecule has 0 aliphatic heterocycles. The van der Waals surface area contributed by atoms with Crippen LogP contribution in [-0.2, 0) is 5.41 Å². The Bertz CT molecular complexity index is 2680. The van der Waals surface area contributed by atoms with E-state index >= 15 is 0 Å². The lowest BCUT2D eigenvalue weighted by atomic mass is 9.63. The highest BCUT2D eigenvalue weighted by molar-refractivity contribution is 6.04. The number of terminal acetylenes is 1. The van der Waals surface area contributed by atoms with E-state index in [-0.39, 0.29) is 11.3 Å². The summed E-state index contributed by atoms with van der Waals surface area (Å²) in [4.78, 5) is 0. The van der Waals surface area contributed by atoms with Crippen molar-refractivity contribution < 1.29 is 0 Å². The lowest BCUT2D eigenvalue weighted by Crippen LogP contribution is -2.31. The molecule has 0 N–H and O–H groups in total. The number of hydrogen-bond donors (Lipinski definition) is 0. The van der Waals surface area contributed by atoms with Gasteiger partial charge in [-0.2, -0.15) is 0 Å². The summed E-state index contributed by atoms with van der Waals surface area (Å²) in [5.74, 6) is 2.38. The molecule has 0 saturated carbocycles. The zero-order valence-corrected chi connectivity index (χ0v) is 38.5. The van der Waals surface area contributed by atoms with Gasteiger partial charge >= 0.3 is 0 Å². The van der Waals surface area contributed by atoms with Crippen molar-refractivity contribution in [2.45, 2.75) is 74.1 Å². The van der Waals surface area contributed by atoms with E-state index in [9.17, 15) is 0 Å². The van der Waals surface area contributed by atoms with Crippen molar-refractivity contribution in [2.75, 3.05) is 0 Å². The predicted molar refractivity (Wildman–Crippen MR) is 275 cm³/mol. The summed E-state index contributed by atoms with van der Waals surface area (Å²) < 4.78 is 0. The first kappa shape index (κ1) is 46.4. The van der Waals surface area contributed by atoms with Gasteiger partial charge in [0.25, 0.3) is 0 Å². The molecule has 0 saturated heterocycles. The lowest BCUT2D eigenvalue weighted by Gasteiger charge is -2.39. The smallest absolute Gasteiger partial charge is 0.0249 e. The summed E-state index contributed by atoms with van der Waals surface area (Å²) in [6, 6.07) is 64.0. The van der Waals surface area contributed by atoms with Crippen LogP contribution in [0, 0.1) is 32.1 Å². The molecule has 0 aromatic heterocycles. The van der Waals surface area contributed by atoms with Crippen molar-refractivity contribution in [3.05, 3.63) is 239 Å². The molecule has 7 aromatic carbocycles. The number of aryl methyl sites for hydroxylation is 1. The molecule has 0 amide bonds. The zero-order valence-electron chi connectivity index (χ0n) is 38.5. The van der Waals surface area contributed by atoms with Gasteiger partial charge in [-0.3, -0.25) is 0 Å². The molecule has 1 aliphatic carbocycles. The van der Waals surface area contributed by atoms with Crippen molar-refractivity contribution in [3.8, 4) is 23.5 Å². The minimum atomic E-state index is -0.321. The highest BCUT2D eigenvalue weighted by Gasteiger charge is 2.46. The molecule has 0 heterocycles. The van der Waals surface area contributed by atoms with E-state index in [0.717, 1.165) is 17.6 Å². The van der Waals surface area contributed by atoms with Gasteiger partial charge in [0.2, 0.25) is 0 Å². The Labute approximate surface area is 374 Å². The van der Waals surface area contributed by atoms with Gasteiger partial charge in [0, 0.05) is 11.3 Å². The molecule has 0 heteroatoms. The Kier molecular flexibility index (Phi) is 16.6. The monoisotopic (exact) mass is 809 g/mol. The fourth-order valence-electron chi connectivity index (χ4n) is 9.12. The molecule has 0 bridgehead atoms. The number of rotatable bonds is 9. The van der Waals surface area contributed by atoms with E-state index < -0.39 is 0 Å².